The Labute approximate surface area is 84.3 Å². The maximum Gasteiger partial charge on any atom is 0.123 e. The average molecular weight is 193 g/mol. The minimum absolute atomic E-state index is 0.117. The second-order valence-electron chi connectivity index (χ2n) is 4.13. The molecule has 0 amide bonds. The highest BCUT2D eigenvalue weighted by Crippen LogP contribution is 2.29. The Morgan fingerprint density at radius 3 is 3.00 bits per heavy atom. The van der Waals surface area contributed by atoms with Crippen LogP contribution in [0.5, 0.6) is 0 Å². The van der Waals surface area contributed by atoms with Gasteiger partial charge >= 0.3 is 0 Å². The molecule has 1 aromatic carbocycles. The van der Waals surface area contributed by atoms with Crippen LogP contribution in [0.25, 0.3) is 0 Å². The van der Waals surface area contributed by atoms with Crippen LogP contribution in [0.15, 0.2) is 24.3 Å². The first-order valence-electron chi connectivity index (χ1n) is 5.23. The molecule has 1 N–H and O–H groups in total. The first kappa shape index (κ1) is 9.66. The van der Waals surface area contributed by atoms with Crippen molar-refractivity contribution in [1.29, 1.82) is 0 Å². The van der Waals surface area contributed by atoms with Crippen molar-refractivity contribution in [2.75, 3.05) is 13.1 Å². The Balaban J connectivity index is 2.20. The van der Waals surface area contributed by atoms with Crippen LogP contribution in [0.2, 0.25) is 0 Å². The molecule has 1 aliphatic heterocycles. The van der Waals surface area contributed by atoms with Gasteiger partial charge in [-0.15, -0.1) is 0 Å². The maximum absolute atomic E-state index is 13.0. The highest BCUT2D eigenvalue weighted by Gasteiger charge is 2.22. The van der Waals surface area contributed by atoms with Crippen LogP contribution in [-0.4, -0.2) is 13.1 Å². The lowest BCUT2D eigenvalue weighted by Crippen LogP contribution is -2.33. The van der Waals surface area contributed by atoms with Gasteiger partial charge in [-0.25, -0.2) is 4.39 Å². The molecule has 0 saturated carbocycles. The summed E-state index contributed by atoms with van der Waals surface area (Å²) in [4.78, 5) is 0. The van der Waals surface area contributed by atoms with Gasteiger partial charge in [0.1, 0.15) is 5.82 Å². The fourth-order valence-electron chi connectivity index (χ4n) is 2.25. The molecule has 2 rings (SSSR count). The van der Waals surface area contributed by atoms with E-state index in [-0.39, 0.29) is 5.82 Å². The molecule has 1 nitrogen and oxygen atoms in total. The van der Waals surface area contributed by atoms with E-state index in [2.05, 4.69) is 12.2 Å². The summed E-state index contributed by atoms with van der Waals surface area (Å²) in [6.45, 7) is 4.31. The van der Waals surface area contributed by atoms with Gasteiger partial charge in [0.05, 0.1) is 0 Å². The van der Waals surface area contributed by atoms with Crippen LogP contribution < -0.4 is 5.32 Å². The van der Waals surface area contributed by atoms with Crippen LogP contribution in [-0.2, 0) is 0 Å². The molecule has 1 heterocycles. The molecule has 2 heteroatoms. The van der Waals surface area contributed by atoms with Crippen molar-refractivity contribution in [2.24, 2.45) is 5.92 Å². The lowest BCUT2D eigenvalue weighted by atomic mass is 9.82. The van der Waals surface area contributed by atoms with Gasteiger partial charge < -0.3 is 5.32 Å². The number of piperidine rings is 1. The van der Waals surface area contributed by atoms with Gasteiger partial charge in [0, 0.05) is 0 Å². The van der Waals surface area contributed by atoms with E-state index in [0.29, 0.717) is 11.8 Å². The zero-order valence-electron chi connectivity index (χ0n) is 8.46. The lowest BCUT2D eigenvalue weighted by molar-refractivity contribution is 0.349. The molecular weight excluding hydrogens is 177 g/mol. The van der Waals surface area contributed by atoms with E-state index < -0.39 is 0 Å². The number of rotatable bonds is 1. The van der Waals surface area contributed by atoms with Crippen molar-refractivity contribution in [3.63, 3.8) is 0 Å². The predicted octanol–water partition coefficient (Wildman–Crippen LogP) is 2.54. The zero-order chi connectivity index (χ0) is 9.97. The Hall–Kier alpha value is -0.890. The topological polar surface area (TPSA) is 12.0 Å². The van der Waals surface area contributed by atoms with E-state index in [1.165, 1.54) is 6.07 Å². The van der Waals surface area contributed by atoms with Crippen LogP contribution in [0.1, 0.15) is 24.8 Å². The molecule has 0 radical (unpaired) electrons. The molecule has 1 aliphatic rings. The Bertz CT molecular complexity index is 311. The number of halogens is 1. The summed E-state index contributed by atoms with van der Waals surface area (Å²) < 4.78 is 13.0. The Kier molecular flexibility index (Phi) is 2.82. The molecule has 0 aliphatic carbocycles. The predicted molar refractivity (Wildman–Crippen MR) is 55.8 cm³/mol. The van der Waals surface area contributed by atoms with Gasteiger partial charge in [-0.3, -0.25) is 0 Å². The molecule has 0 bridgehead atoms. The highest BCUT2D eigenvalue weighted by atomic mass is 19.1. The zero-order valence-corrected chi connectivity index (χ0v) is 8.46. The van der Waals surface area contributed by atoms with Crippen LogP contribution in [0.3, 0.4) is 0 Å². The van der Waals surface area contributed by atoms with Crippen LogP contribution in [0, 0.1) is 11.7 Å². The van der Waals surface area contributed by atoms with E-state index in [4.69, 9.17) is 0 Å². The monoisotopic (exact) mass is 193 g/mol. The van der Waals surface area contributed by atoms with E-state index in [1.54, 1.807) is 12.1 Å². The normalized spacial score (nSPS) is 27.6. The third-order valence-electron chi connectivity index (χ3n) is 3.06. The number of hydrogen-bond acceptors (Lipinski definition) is 1. The molecule has 0 spiro atoms. The minimum atomic E-state index is -0.117. The van der Waals surface area contributed by atoms with Crippen molar-refractivity contribution >= 4 is 0 Å². The van der Waals surface area contributed by atoms with Gasteiger partial charge in [0.25, 0.3) is 0 Å². The van der Waals surface area contributed by atoms with Crippen molar-refractivity contribution < 1.29 is 4.39 Å². The molecule has 76 valence electrons. The molecule has 0 unspecified atom stereocenters. The summed E-state index contributed by atoms with van der Waals surface area (Å²) in [7, 11) is 0. The van der Waals surface area contributed by atoms with Gasteiger partial charge in [0.2, 0.25) is 0 Å². The highest BCUT2D eigenvalue weighted by molar-refractivity contribution is 5.22. The molecular formula is C12H16FN. The summed E-state index contributed by atoms with van der Waals surface area (Å²) in [5, 5.41) is 3.36. The van der Waals surface area contributed by atoms with Crippen molar-refractivity contribution in [3.8, 4) is 0 Å². The van der Waals surface area contributed by atoms with E-state index in [0.717, 1.165) is 25.1 Å². The van der Waals surface area contributed by atoms with Crippen molar-refractivity contribution in [2.45, 2.75) is 19.3 Å². The fraction of sp³-hybridized carbons (Fsp3) is 0.500. The largest absolute Gasteiger partial charge is 0.316 e. The SMILES string of the molecule is C[C@@H]1CNCC[C@H]1c1cccc(F)c1. The van der Waals surface area contributed by atoms with Crippen LogP contribution >= 0.6 is 0 Å². The molecule has 1 aromatic rings. The molecule has 1 saturated heterocycles. The average Bonchev–Trinajstić information content (AvgIpc) is 2.18. The third-order valence-corrected chi connectivity index (χ3v) is 3.06. The number of hydrogen-bond donors (Lipinski definition) is 1. The fourth-order valence-corrected chi connectivity index (χ4v) is 2.25. The van der Waals surface area contributed by atoms with E-state index in [9.17, 15) is 4.39 Å². The first-order chi connectivity index (χ1) is 6.77. The smallest absolute Gasteiger partial charge is 0.123 e. The maximum atomic E-state index is 13.0. The number of benzene rings is 1. The molecule has 14 heavy (non-hydrogen) atoms. The summed E-state index contributed by atoms with van der Waals surface area (Å²) in [6, 6.07) is 7.02. The summed E-state index contributed by atoms with van der Waals surface area (Å²) >= 11 is 0. The standard InChI is InChI=1S/C12H16FN/c1-9-8-14-6-5-12(9)10-3-2-4-11(13)7-10/h2-4,7,9,12,14H,5-6,8H2,1H3/t9-,12-/m1/s1. The number of nitrogens with one attached hydrogen (secondary N) is 1. The van der Waals surface area contributed by atoms with Crippen LogP contribution in [0.4, 0.5) is 4.39 Å². The summed E-state index contributed by atoms with van der Waals surface area (Å²) in [5.74, 6) is 1.01. The Morgan fingerprint density at radius 2 is 2.29 bits per heavy atom. The van der Waals surface area contributed by atoms with Crippen molar-refractivity contribution in [3.05, 3.63) is 35.6 Å². The molecule has 1 fully saturated rings. The van der Waals surface area contributed by atoms with Crippen molar-refractivity contribution in [1.82, 2.24) is 5.32 Å². The summed E-state index contributed by atoms with van der Waals surface area (Å²) in [6.07, 6.45) is 1.12. The second-order valence-corrected chi connectivity index (χ2v) is 4.13. The molecule has 2 atom stereocenters. The Morgan fingerprint density at radius 1 is 1.43 bits per heavy atom. The third kappa shape index (κ3) is 1.95. The summed E-state index contributed by atoms with van der Waals surface area (Å²) in [5.41, 5.74) is 1.15. The van der Waals surface area contributed by atoms with Gasteiger partial charge in [-0.2, -0.15) is 0 Å². The lowest BCUT2D eigenvalue weighted by Gasteiger charge is -2.29. The second kappa shape index (κ2) is 4.09. The van der Waals surface area contributed by atoms with E-state index >= 15 is 0 Å². The van der Waals surface area contributed by atoms with E-state index in [1.807, 2.05) is 6.07 Å². The first-order valence-corrected chi connectivity index (χ1v) is 5.23. The van der Waals surface area contributed by atoms with Gasteiger partial charge in [-0.05, 0) is 49.0 Å². The minimum Gasteiger partial charge on any atom is -0.316 e. The quantitative estimate of drug-likeness (QED) is 0.722. The molecule has 0 aromatic heterocycles. The van der Waals surface area contributed by atoms with Gasteiger partial charge in [-0.1, -0.05) is 19.1 Å². The van der Waals surface area contributed by atoms with Gasteiger partial charge in [0.15, 0.2) is 0 Å².